The van der Waals surface area contributed by atoms with Gasteiger partial charge in [0.25, 0.3) is 5.91 Å². The predicted molar refractivity (Wildman–Crippen MR) is 98.7 cm³/mol. The smallest absolute Gasteiger partial charge is 0.265 e. The number of carbonyl (C=O) groups is 1. The van der Waals surface area contributed by atoms with Gasteiger partial charge in [0.15, 0.2) is 6.10 Å². The highest BCUT2D eigenvalue weighted by molar-refractivity contribution is 5.95. The molecule has 25 heavy (non-hydrogen) atoms. The van der Waals surface area contributed by atoms with Crippen LogP contribution in [0.4, 0.5) is 5.69 Å². The molecule has 134 valence electrons. The Bertz CT molecular complexity index is 697. The number of anilines is 1. The van der Waals surface area contributed by atoms with Crippen LogP contribution in [-0.4, -0.2) is 26.2 Å². The van der Waals surface area contributed by atoms with Crippen molar-refractivity contribution in [2.24, 2.45) is 0 Å². The summed E-state index contributed by atoms with van der Waals surface area (Å²) in [4.78, 5) is 12.4. The molecule has 1 amide bonds. The van der Waals surface area contributed by atoms with E-state index < -0.39 is 6.10 Å². The Labute approximate surface area is 148 Å². The first-order valence-corrected chi connectivity index (χ1v) is 8.35. The number of aryl methyl sites for hydroxylation is 1. The number of rotatable bonds is 8. The molecule has 0 bridgehead atoms. The van der Waals surface area contributed by atoms with E-state index in [4.69, 9.17) is 14.2 Å². The van der Waals surface area contributed by atoms with E-state index in [1.807, 2.05) is 24.3 Å². The molecule has 1 unspecified atom stereocenters. The summed E-state index contributed by atoms with van der Waals surface area (Å²) in [5, 5.41) is 2.82. The third-order valence-electron chi connectivity index (χ3n) is 3.81. The van der Waals surface area contributed by atoms with E-state index in [1.165, 1.54) is 5.56 Å². The molecule has 0 saturated heterocycles. The van der Waals surface area contributed by atoms with Crippen LogP contribution in [0.1, 0.15) is 25.8 Å². The van der Waals surface area contributed by atoms with Crippen LogP contribution in [0.5, 0.6) is 17.2 Å². The van der Waals surface area contributed by atoms with E-state index in [0.29, 0.717) is 22.9 Å². The SMILES string of the molecule is CCCc1ccc(OC(C)C(=O)Nc2ccc(OC)cc2OC)cc1. The average molecular weight is 343 g/mol. The summed E-state index contributed by atoms with van der Waals surface area (Å²) in [6.45, 7) is 3.86. The molecule has 1 atom stereocenters. The van der Waals surface area contributed by atoms with Gasteiger partial charge in [0.1, 0.15) is 17.2 Å². The minimum Gasteiger partial charge on any atom is -0.497 e. The lowest BCUT2D eigenvalue weighted by Crippen LogP contribution is -2.30. The Morgan fingerprint density at radius 2 is 1.72 bits per heavy atom. The van der Waals surface area contributed by atoms with Crippen molar-refractivity contribution < 1.29 is 19.0 Å². The van der Waals surface area contributed by atoms with E-state index in [2.05, 4.69) is 12.2 Å². The molecule has 0 aliphatic rings. The first-order chi connectivity index (χ1) is 12.1. The van der Waals surface area contributed by atoms with Crippen LogP contribution in [0.15, 0.2) is 42.5 Å². The van der Waals surface area contributed by atoms with Crippen molar-refractivity contribution >= 4 is 11.6 Å². The van der Waals surface area contributed by atoms with Crippen LogP contribution in [0.25, 0.3) is 0 Å². The largest absolute Gasteiger partial charge is 0.497 e. The van der Waals surface area contributed by atoms with Crippen molar-refractivity contribution in [2.45, 2.75) is 32.8 Å². The molecule has 5 heteroatoms. The highest BCUT2D eigenvalue weighted by atomic mass is 16.5. The number of methoxy groups -OCH3 is 2. The average Bonchev–Trinajstić information content (AvgIpc) is 2.63. The van der Waals surface area contributed by atoms with Gasteiger partial charge >= 0.3 is 0 Å². The van der Waals surface area contributed by atoms with Gasteiger partial charge in [-0.1, -0.05) is 25.5 Å². The monoisotopic (exact) mass is 343 g/mol. The van der Waals surface area contributed by atoms with Crippen molar-refractivity contribution in [1.82, 2.24) is 0 Å². The first-order valence-electron chi connectivity index (χ1n) is 8.35. The number of carbonyl (C=O) groups excluding carboxylic acids is 1. The molecule has 0 aliphatic carbocycles. The maximum absolute atomic E-state index is 12.4. The summed E-state index contributed by atoms with van der Waals surface area (Å²) >= 11 is 0. The van der Waals surface area contributed by atoms with Crippen molar-refractivity contribution in [3.63, 3.8) is 0 Å². The number of nitrogens with one attached hydrogen (secondary N) is 1. The standard InChI is InChI=1S/C20H25NO4/c1-5-6-15-7-9-16(10-8-15)25-14(2)20(22)21-18-12-11-17(23-3)13-19(18)24-4/h7-14H,5-6H2,1-4H3,(H,21,22). The zero-order valence-electron chi connectivity index (χ0n) is 15.2. The van der Waals surface area contributed by atoms with Crippen LogP contribution in [-0.2, 0) is 11.2 Å². The Hall–Kier alpha value is -2.69. The van der Waals surface area contributed by atoms with Crippen LogP contribution in [0.3, 0.4) is 0 Å². The molecule has 1 N–H and O–H groups in total. The molecule has 0 aliphatic heterocycles. The van der Waals surface area contributed by atoms with E-state index in [9.17, 15) is 4.79 Å². The summed E-state index contributed by atoms with van der Waals surface area (Å²) in [6, 6.07) is 13.0. The number of hydrogen-bond acceptors (Lipinski definition) is 4. The summed E-state index contributed by atoms with van der Waals surface area (Å²) in [5.74, 6) is 1.61. The van der Waals surface area contributed by atoms with Crippen molar-refractivity contribution in [3.05, 3.63) is 48.0 Å². The van der Waals surface area contributed by atoms with E-state index in [0.717, 1.165) is 12.8 Å². The molecule has 2 rings (SSSR count). The van der Waals surface area contributed by atoms with Gasteiger partial charge in [-0.15, -0.1) is 0 Å². The van der Waals surface area contributed by atoms with Crippen LogP contribution in [0, 0.1) is 0 Å². The second kappa shape index (κ2) is 8.97. The van der Waals surface area contributed by atoms with E-state index in [1.54, 1.807) is 39.3 Å². The molecule has 2 aromatic carbocycles. The summed E-state index contributed by atoms with van der Waals surface area (Å²) in [6.07, 6.45) is 1.50. The molecule has 0 heterocycles. The second-order valence-electron chi connectivity index (χ2n) is 5.71. The van der Waals surface area contributed by atoms with Gasteiger partial charge in [-0.25, -0.2) is 0 Å². The van der Waals surface area contributed by atoms with Crippen molar-refractivity contribution in [1.29, 1.82) is 0 Å². The van der Waals surface area contributed by atoms with E-state index >= 15 is 0 Å². The van der Waals surface area contributed by atoms with Crippen LogP contribution < -0.4 is 19.5 Å². The van der Waals surface area contributed by atoms with Gasteiger partial charge in [-0.05, 0) is 43.2 Å². The number of benzene rings is 2. The third-order valence-corrected chi connectivity index (χ3v) is 3.81. The Morgan fingerprint density at radius 3 is 2.32 bits per heavy atom. The number of hydrogen-bond donors (Lipinski definition) is 1. The Balaban J connectivity index is 2.00. The maximum atomic E-state index is 12.4. The minimum absolute atomic E-state index is 0.249. The predicted octanol–water partition coefficient (Wildman–Crippen LogP) is 4.06. The molecule has 0 aromatic heterocycles. The summed E-state index contributed by atoms with van der Waals surface area (Å²) < 4.78 is 16.2. The Kier molecular flexibility index (Phi) is 6.69. The number of amides is 1. The van der Waals surface area contributed by atoms with Gasteiger partial charge < -0.3 is 19.5 Å². The maximum Gasteiger partial charge on any atom is 0.265 e. The molecular formula is C20H25NO4. The molecule has 0 radical (unpaired) electrons. The highest BCUT2D eigenvalue weighted by Gasteiger charge is 2.17. The van der Waals surface area contributed by atoms with Crippen LogP contribution in [0.2, 0.25) is 0 Å². The topological polar surface area (TPSA) is 56.8 Å². The molecule has 2 aromatic rings. The van der Waals surface area contributed by atoms with Gasteiger partial charge in [-0.2, -0.15) is 0 Å². The lowest BCUT2D eigenvalue weighted by Gasteiger charge is -2.16. The van der Waals surface area contributed by atoms with E-state index in [-0.39, 0.29) is 5.91 Å². The Morgan fingerprint density at radius 1 is 1.04 bits per heavy atom. The fourth-order valence-corrected chi connectivity index (χ4v) is 2.42. The summed E-state index contributed by atoms with van der Waals surface area (Å²) in [5.41, 5.74) is 1.83. The van der Waals surface area contributed by atoms with Gasteiger partial charge in [-0.3, -0.25) is 4.79 Å². The van der Waals surface area contributed by atoms with Gasteiger partial charge in [0.05, 0.1) is 19.9 Å². The fraction of sp³-hybridized carbons (Fsp3) is 0.350. The quantitative estimate of drug-likeness (QED) is 0.785. The first kappa shape index (κ1) is 18.6. The normalized spacial score (nSPS) is 11.5. The van der Waals surface area contributed by atoms with Gasteiger partial charge in [0.2, 0.25) is 0 Å². The highest BCUT2D eigenvalue weighted by Crippen LogP contribution is 2.29. The zero-order chi connectivity index (χ0) is 18.2. The van der Waals surface area contributed by atoms with Crippen molar-refractivity contribution in [3.8, 4) is 17.2 Å². The molecule has 0 fully saturated rings. The second-order valence-corrected chi connectivity index (χ2v) is 5.71. The fourth-order valence-electron chi connectivity index (χ4n) is 2.42. The van der Waals surface area contributed by atoms with Crippen LogP contribution >= 0.6 is 0 Å². The number of ether oxygens (including phenoxy) is 3. The van der Waals surface area contributed by atoms with Gasteiger partial charge in [0, 0.05) is 6.07 Å². The van der Waals surface area contributed by atoms with Crippen molar-refractivity contribution in [2.75, 3.05) is 19.5 Å². The molecule has 0 spiro atoms. The minimum atomic E-state index is -0.635. The molecular weight excluding hydrogens is 318 g/mol. The summed E-state index contributed by atoms with van der Waals surface area (Å²) in [7, 11) is 3.12. The lowest BCUT2D eigenvalue weighted by molar-refractivity contribution is -0.122. The molecule has 5 nitrogen and oxygen atoms in total. The lowest BCUT2D eigenvalue weighted by atomic mass is 10.1. The third kappa shape index (κ3) is 5.14. The molecule has 0 saturated carbocycles. The zero-order valence-corrected chi connectivity index (χ0v) is 15.2.